The lowest BCUT2D eigenvalue weighted by Gasteiger charge is -2.26. The average molecular weight is 712 g/mol. The van der Waals surface area contributed by atoms with Gasteiger partial charge in [-0.2, -0.15) is 0 Å². The van der Waals surface area contributed by atoms with Gasteiger partial charge in [0.05, 0.1) is 12.6 Å². The second-order valence-corrected chi connectivity index (χ2v) is 14.0. The SMILES string of the molecule is CCOc1ccc(CC(NC(=O)C(N)Cc2cccs2)C(=O)NC(Cc2ccc3ccccc3c2)C(=O)NC(Cc2cccs2)C(N)=O)cc1. The van der Waals surface area contributed by atoms with E-state index in [4.69, 9.17) is 16.2 Å². The van der Waals surface area contributed by atoms with Crippen molar-refractivity contribution in [3.63, 3.8) is 0 Å². The fourth-order valence-corrected chi connectivity index (χ4v) is 7.08. The summed E-state index contributed by atoms with van der Waals surface area (Å²) in [4.78, 5) is 55.7. The van der Waals surface area contributed by atoms with Crippen molar-refractivity contribution in [3.05, 3.63) is 123 Å². The Labute approximate surface area is 299 Å². The molecule has 2 heterocycles. The van der Waals surface area contributed by atoms with Crippen LogP contribution in [0.2, 0.25) is 0 Å². The molecule has 12 heteroatoms. The van der Waals surface area contributed by atoms with E-state index in [0.29, 0.717) is 18.8 Å². The van der Waals surface area contributed by atoms with Gasteiger partial charge in [-0.15, -0.1) is 22.7 Å². The summed E-state index contributed by atoms with van der Waals surface area (Å²) in [5.74, 6) is -1.66. The fraction of sp³-hybridized carbons (Fsp3) is 0.263. The van der Waals surface area contributed by atoms with Crippen LogP contribution in [0.4, 0.5) is 0 Å². The maximum absolute atomic E-state index is 14.1. The molecule has 7 N–H and O–H groups in total. The normalized spacial score (nSPS) is 13.5. The van der Waals surface area contributed by atoms with Crippen molar-refractivity contribution in [2.75, 3.05) is 6.61 Å². The van der Waals surface area contributed by atoms with E-state index in [2.05, 4.69) is 16.0 Å². The van der Waals surface area contributed by atoms with Crippen LogP contribution in [-0.4, -0.2) is 54.4 Å². The molecule has 0 aliphatic rings. The third-order valence-corrected chi connectivity index (χ3v) is 9.97. The monoisotopic (exact) mass is 711 g/mol. The number of rotatable bonds is 17. The van der Waals surface area contributed by atoms with Gasteiger partial charge in [-0.3, -0.25) is 19.2 Å². The Morgan fingerprint density at radius 1 is 0.640 bits per heavy atom. The summed E-state index contributed by atoms with van der Waals surface area (Å²) in [6.45, 7) is 2.40. The maximum Gasteiger partial charge on any atom is 0.243 e. The van der Waals surface area contributed by atoms with Crippen LogP contribution in [0.1, 0.15) is 27.8 Å². The zero-order valence-electron chi connectivity index (χ0n) is 27.7. The van der Waals surface area contributed by atoms with Gasteiger partial charge in [-0.25, -0.2) is 0 Å². The molecule has 4 amide bonds. The molecule has 4 unspecified atom stereocenters. The number of primary amides is 1. The molecule has 0 aliphatic carbocycles. The summed E-state index contributed by atoms with van der Waals surface area (Å²) in [7, 11) is 0. The van der Waals surface area contributed by atoms with Crippen LogP contribution >= 0.6 is 22.7 Å². The van der Waals surface area contributed by atoms with Crippen LogP contribution < -0.4 is 32.2 Å². The molecule has 5 rings (SSSR count). The Morgan fingerprint density at radius 3 is 1.80 bits per heavy atom. The molecule has 0 fully saturated rings. The van der Waals surface area contributed by atoms with E-state index >= 15 is 0 Å². The zero-order chi connectivity index (χ0) is 35.5. The largest absolute Gasteiger partial charge is 0.494 e. The Bertz CT molecular complexity index is 1880. The molecule has 3 aromatic carbocycles. The topological polar surface area (TPSA) is 166 Å². The van der Waals surface area contributed by atoms with Gasteiger partial charge in [-0.1, -0.05) is 66.7 Å². The van der Waals surface area contributed by atoms with E-state index in [0.717, 1.165) is 31.7 Å². The highest BCUT2D eigenvalue weighted by atomic mass is 32.1. The highest BCUT2D eigenvalue weighted by Crippen LogP contribution is 2.19. The van der Waals surface area contributed by atoms with Crippen molar-refractivity contribution in [1.82, 2.24) is 16.0 Å². The summed E-state index contributed by atoms with van der Waals surface area (Å²) in [6.07, 6.45) is 0.775. The molecule has 0 saturated heterocycles. The lowest BCUT2D eigenvalue weighted by atomic mass is 9.99. The summed E-state index contributed by atoms with van der Waals surface area (Å²) >= 11 is 2.94. The van der Waals surface area contributed by atoms with Crippen molar-refractivity contribution in [1.29, 1.82) is 0 Å². The van der Waals surface area contributed by atoms with Crippen molar-refractivity contribution in [2.45, 2.75) is 56.8 Å². The molecule has 0 aliphatic heterocycles. The van der Waals surface area contributed by atoms with Gasteiger partial charge >= 0.3 is 0 Å². The second kappa shape index (κ2) is 17.6. The standard InChI is InChI=1S/C38H41N5O5S2/c1-2-48-28-15-12-24(13-16-28)20-33(42-36(45)31(39)22-29-9-5-17-49-29)38(47)43-34(21-25-11-14-26-7-3-4-8-27(26)19-25)37(46)41-32(35(40)44)23-30-10-6-18-50-30/h3-19,31-34H,2,20-23,39H2,1H3,(H2,40,44)(H,41,46)(H,42,45)(H,43,47). The van der Waals surface area contributed by atoms with Gasteiger partial charge in [0, 0.05) is 35.4 Å². The molecule has 2 aromatic heterocycles. The molecule has 0 saturated carbocycles. The van der Waals surface area contributed by atoms with Crippen LogP contribution in [0.25, 0.3) is 10.8 Å². The molecule has 5 aromatic rings. The number of carbonyl (C=O) groups excluding carboxylic acids is 4. The van der Waals surface area contributed by atoms with Crippen LogP contribution in [0.5, 0.6) is 5.75 Å². The smallest absolute Gasteiger partial charge is 0.243 e. The second-order valence-electron chi connectivity index (χ2n) is 11.9. The molecule has 260 valence electrons. The third kappa shape index (κ3) is 10.2. The predicted molar refractivity (Wildman–Crippen MR) is 198 cm³/mol. The molecule has 0 radical (unpaired) electrons. The number of carbonyl (C=O) groups is 4. The van der Waals surface area contributed by atoms with E-state index in [9.17, 15) is 19.2 Å². The van der Waals surface area contributed by atoms with Crippen LogP contribution in [0.15, 0.2) is 102 Å². The maximum atomic E-state index is 14.1. The lowest BCUT2D eigenvalue weighted by molar-refractivity contribution is -0.133. The fourth-order valence-electron chi connectivity index (χ4n) is 5.56. The molecular weight excluding hydrogens is 671 g/mol. The predicted octanol–water partition coefficient (Wildman–Crippen LogP) is 3.90. The Balaban J connectivity index is 1.40. The van der Waals surface area contributed by atoms with E-state index in [1.807, 2.05) is 96.5 Å². The molecule has 0 spiro atoms. The van der Waals surface area contributed by atoms with Gasteiger partial charge in [0.2, 0.25) is 23.6 Å². The number of thiophene rings is 2. The molecule has 4 atom stereocenters. The summed E-state index contributed by atoms with van der Waals surface area (Å²) in [6, 6.07) is 24.3. The number of hydrogen-bond acceptors (Lipinski definition) is 8. The number of hydrogen-bond donors (Lipinski definition) is 5. The van der Waals surface area contributed by atoms with E-state index in [1.54, 1.807) is 12.1 Å². The molecule has 0 bridgehead atoms. The van der Waals surface area contributed by atoms with Gasteiger partial charge < -0.3 is 32.2 Å². The Kier molecular flexibility index (Phi) is 12.7. The number of ether oxygens (including phenoxy) is 1. The molecule has 10 nitrogen and oxygen atoms in total. The van der Waals surface area contributed by atoms with Crippen molar-refractivity contribution in [3.8, 4) is 5.75 Å². The van der Waals surface area contributed by atoms with Crippen molar-refractivity contribution >= 4 is 57.1 Å². The van der Waals surface area contributed by atoms with Crippen LogP contribution in [0.3, 0.4) is 0 Å². The van der Waals surface area contributed by atoms with Crippen LogP contribution in [-0.2, 0) is 44.9 Å². The number of benzene rings is 3. The van der Waals surface area contributed by atoms with Crippen molar-refractivity contribution in [2.24, 2.45) is 11.5 Å². The number of fused-ring (bicyclic) bond motifs is 1. The highest BCUT2D eigenvalue weighted by Gasteiger charge is 2.31. The van der Waals surface area contributed by atoms with Crippen molar-refractivity contribution < 1.29 is 23.9 Å². The minimum Gasteiger partial charge on any atom is -0.494 e. The van der Waals surface area contributed by atoms with Gasteiger partial charge in [0.15, 0.2) is 0 Å². The summed E-state index contributed by atoms with van der Waals surface area (Å²) in [5, 5.41) is 14.3. The summed E-state index contributed by atoms with van der Waals surface area (Å²) in [5.41, 5.74) is 13.5. The number of nitrogens with two attached hydrogens (primary N) is 2. The Hall–Kier alpha value is -5.04. The van der Waals surface area contributed by atoms with Crippen LogP contribution in [0, 0.1) is 0 Å². The van der Waals surface area contributed by atoms with E-state index < -0.39 is 47.8 Å². The number of nitrogens with one attached hydrogen (secondary N) is 3. The first-order valence-corrected chi connectivity index (χ1v) is 18.1. The first-order chi connectivity index (χ1) is 24.2. The van der Waals surface area contributed by atoms with E-state index in [1.165, 1.54) is 22.7 Å². The van der Waals surface area contributed by atoms with Gasteiger partial charge in [-0.05, 0) is 63.8 Å². The quantitative estimate of drug-likeness (QED) is 0.0982. The average Bonchev–Trinajstić information content (AvgIpc) is 3.83. The number of amides is 4. The lowest BCUT2D eigenvalue weighted by Crippen LogP contribution is -2.58. The van der Waals surface area contributed by atoms with E-state index in [-0.39, 0.29) is 19.3 Å². The third-order valence-electron chi connectivity index (χ3n) is 8.18. The molecule has 50 heavy (non-hydrogen) atoms. The minimum absolute atomic E-state index is 0.120. The van der Waals surface area contributed by atoms with Gasteiger partial charge in [0.25, 0.3) is 0 Å². The first-order valence-electron chi connectivity index (χ1n) is 16.4. The summed E-state index contributed by atoms with van der Waals surface area (Å²) < 4.78 is 5.56. The first kappa shape index (κ1) is 36.2. The van der Waals surface area contributed by atoms with Gasteiger partial charge in [0.1, 0.15) is 23.9 Å². The Morgan fingerprint density at radius 2 is 1.20 bits per heavy atom. The minimum atomic E-state index is -1.10. The molecular formula is C38H41N5O5S2. The zero-order valence-corrected chi connectivity index (χ0v) is 29.3. The highest BCUT2D eigenvalue weighted by molar-refractivity contribution is 7.10.